The number of furan rings is 1. The fourth-order valence-electron chi connectivity index (χ4n) is 3.35. The zero-order valence-corrected chi connectivity index (χ0v) is 15.7. The number of hydrogen-bond acceptors (Lipinski definition) is 3. The molecule has 0 bridgehead atoms. The van der Waals surface area contributed by atoms with Crippen molar-refractivity contribution in [2.45, 2.75) is 12.8 Å². The summed E-state index contributed by atoms with van der Waals surface area (Å²) in [6, 6.07) is 11.6. The van der Waals surface area contributed by atoms with E-state index in [0.29, 0.717) is 12.1 Å². The largest absolute Gasteiger partial charge is 0.465 e. The van der Waals surface area contributed by atoms with Crippen molar-refractivity contribution >= 4 is 44.4 Å². The molecular formula is C21H17BrN2O2. The monoisotopic (exact) mass is 408 g/mol. The Morgan fingerprint density at radius 3 is 2.88 bits per heavy atom. The second-order valence-corrected chi connectivity index (χ2v) is 7.34. The van der Waals surface area contributed by atoms with Crippen LogP contribution in [0.15, 0.2) is 58.1 Å². The molecule has 5 heteroatoms. The number of nitrogens with one attached hydrogen (secondary N) is 1. The van der Waals surface area contributed by atoms with Gasteiger partial charge < -0.3 is 9.73 Å². The number of rotatable bonds is 4. The van der Waals surface area contributed by atoms with E-state index in [1.54, 1.807) is 6.26 Å². The standard InChI is InChI=1S/C21H17BrN2O2/c1-13(22)12-23-21(25)19-16-6-2-3-7-18(16)24-20-14(8-9-17(19)20)11-15-5-4-10-26-15/h2-7,10-11H,1,8-9,12H2,(H,23,25)/b14-11+. The first kappa shape index (κ1) is 16.8. The molecule has 2 aromatic heterocycles. The maximum Gasteiger partial charge on any atom is 0.252 e. The molecule has 0 saturated heterocycles. The van der Waals surface area contributed by atoms with Gasteiger partial charge in [-0.05, 0) is 48.3 Å². The van der Waals surface area contributed by atoms with E-state index in [1.165, 1.54) is 0 Å². The van der Waals surface area contributed by atoms with E-state index in [0.717, 1.165) is 50.8 Å². The van der Waals surface area contributed by atoms with Crippen LogP contribution in [0.1, 0.15) is 33.8 Å². The van der Waals surface area contributed by atoms with E-state index < -0.39 is 0 Å². The number of carbonyl (C=O) groups is 1. The third-order valence-electron chi connectivity index (χ3n) is 4.47. The van der Waals surface area contributed by atoms with Gasteiger partial charge in [-0.3, -0.25) is 4.79 Å². The summed E-state index contributed by atoms with van der Waals surface area (Å²) in [6.07, 6.45) is 5.29. The number of pyridine rings is 1. The number of para-hydroxylation sites is 1. The Morgan fingerprint density at radius 1 is 1.27 bits per heavy atom. The highest BCUT2D eigenvalue weighted by atomic mass is 79.9. The molecule has 130 valence electrons. The van der Waals surface area contributed by atoms with Crippen LogP contribution in [-0.2, 0) is 6.42 Å². The Hall–Kier alpha value is -2.66. The smallest absolute Gasteiger partial charge is 0.252 e. The number of amides is 1. The SMILES string of the molecule is C=C(Br)CNC(=O)c1c2c(nc3ccccc13)/C(=C/c1ccco1)CC2. The molecule has 1 aromatic carbocycles. The summed E-state index contributed by atoms with van der Waals surface area (Å²) >= 11 is 3.29. The molecule has 1 amide bonds. The fourth-order valence-corrected chi connectivity index (χ4v) is 3.49. The van der Waals surface area contributed by atoms with Gasteiger partial charge in [-0.15, -0.1) is 0 Å². The highest BCUT2D eigenvalue weighted by Gasteiger charge is 2.26. The molecule has 4 nitrogen and oxygen atoms in total. The molecule has 0 saturated carbocycles. The van der Waals surface area contributed by atoms with E-state index in [4.69, 9.17) is 9.40 Å². The van der Waals surface area contributed by atoms with Crippen molar-refractivity contribution in [1.29, 1.82) is 0 Å². The molecule has 0 fully saturated rings. The van der Waals surface area contributed by atoms with Crippen LogP contribution in [0.4, 0.5) is 0 Å². The van der Waals surface area contributed by atoms with Crippen molar-refractivity contribution in [2.75, 3.05) is 6.54 Å². The lowest BCUT2D eigenvalue weighted by Crippen LogP contribution is -2.26. The Kier molecular flexibility index (Phi) is 4.47. The van der Waals surface area contributed by atoms with Crippen molar-refractivity contribution in [1.82, 2.24) is 10.3 Å². The minimum Gasteiger partial charge on any atom is -0.465 e. The molecule has 3 aromatic rings. The summed E-state index contributed by atoms with van der Waals surface area (Å²) in [5.74, 6) is 0.698. The van der Waals surface area contributed by atoms with Crippen molar-refractivity contribution in [2.24, 2.45) is 0 Å². The molecular weight excluding hydrogens is 392 g/mol. The van der Waals surface area contributed by atoms with Gasteiger partial charge >= 0.3 is 0 Å². The van der Waals surface area contributed by atoms with Crippen LogP contribution in [-0.4, -0.2) is 17.4 Å². The van der Waals surface area contributed by atoms with Crippen molar-refractivity contribution in [3.8, 4) is 0 Å². The minimum atomic E-state index is -0.0975. The predicted octanol–water partition coefficient (Wildman–Crippen LogP) is 4.95. The maximum atomic E-state index is 12.9. The van der Waals surface area contributed by atoms with Gasteiger partial charge in [0.1, 0.15) is 5.76 Å². The van der Waals surface area contributed by atoms with Gasteiger partial charge in [0.15, 0.2) is 0 Å². The normalized spacial score (nSPS) is 14.6. The molecule has 0 spiro atoms. The second kappa shape index (κ2) is 6.92. The third kappa shape index (κ3) is 3.10. The zero-order valence-electron chi connectivity index (χ0n) is 14.1. The van der Waals surface area contributed by atoms with Gasteiger partial charge in [0.25, 0.3) is 5.91 Å². The molecule has 1 aliphatic rings. The Morgan fingerprint density at radius 2 is 2.12 bits per heavy atom. The van der Waals surface area contributed by atoms with Gasteiger partial charge in [-0.25, -0.2) is 4.98 Å². The summed E-state index contributed by atoms with van der Waals surface area (Å²) in [7, 11) is 0. The van der Waals surface area contributed by atoms with E-state index in [-0.39, 0.29) is 5.91 Å². The first-order valence-corrected chi connectivity index (χ1v) is 9.20. The maximum absolute atomic E-state index is 12.9. The van der Waals surface area contributed by atoms with Crippen LogP contribution in [0, 0.1) is 0 Å². The number of halogens is 1. The van der Waals surface area contributed by atoms with Gasteiger partial charge in [0, 0.05) is 16.4 Å². The number of allylic oxidation sites excluding steroid dienone is 1. The van der Waals surface area contributed by atoms with Crippen LogP contribution in [0.5, 0.6) is 0 Å². The van der Waals surface area contributed by atoms with Crippen LogP contribution >= 0.6 is 15.9 Å². The summed E-state index contributed by atoms with van der Waals surface area (Å²) in [5, 5.41) is 3.81. The topological polar surface area (TPSA) is 55.1 Å². The number of aromatic nitrogens is 1. The molecule has 26 heavy (non-hydrogen) atoms. The number of hydrogen-bond donors (Lipinski definition) is 1. The minimum absolute atomic E-state index is 0.0975. The lowest BCUT2D eigenvalue weighted by atomic mass is 10.00. The van der Waals surface area contributed by atoms with E-state index >= 15 is 0 Å². The van der Waals surface area contributed by atoms with Crippen molar-refractivity contribution in [3.63, 3.8) is 0 Å². The third-order valence-corrected chi connectivity index (χ3v) is 4.75. The molecule has 0 atom stereocenters. The lowest BCUT2D eigenvalue weighted by molar-refractivity contribution is 0.0958. The number of benzene rings is 1. The molecule has 1 aliphatic carbocycles. The zero-order chi connectivity index (χ0) is 18.1. The Balaban J connectivity index is 1.86. The van der Waals surface area contributed by atoms with Crippen LogP contribution in [0.2, 0.25) is 0 Å². The van der Waals surface area contributed by atoms with E-state index in [1.807, 2.05) is 42.5 Å². The van der Waals surface area contributed by atoms with Crippen LogP contribution in [0.3, 0.4) is 0 Å². The van der Waals surface area contributed by atoms with Crippen molar-refractivity contribution < 1.29 is 9.21 Å². The molecule has 0 unspecified atom stereocenters. The average molecular weight is 409 g/mol. The first-order chi connectivity index (χ1) is 12.6. The highest BCUT2D eigenvalue weighted by molar-refractivity contribution is 9.11. The molecule has 0 aliphatic heterocycles. The van der Waals surface area contributed by atoms with Gasteiger partial charge in [0.2, 0.25) is 0 Å². The van der Waals surface area contributed by atoms with E-state index in [9.17, 15) is 4.79 Å². The van der Waals surface area contributed by atoms with Crippen LogP contribution in [0.25, 0.3) is 22.6 Å². The van der Waals surface area contributed by atoms with E-state index in [2.05, 4.69) is 27.8 Å². The predicted molar refractivity (Wildman–Crippen MR) is 107 cm³/mol. The second-order valence-electron chi connectivity index (χ2n) is 6.22. The average Bonchev–Trinajstić information content (AvgIpc) is 3.28. The number of carbonyl (C=O) groups excluding carboxylic acids is 1. The lowest BCUT2D eigenvalue weighted by Gasteiger charge is -2.12. The summed E-state index contributed by atoms with van der Waals surface area (Å²) < 4.78 is 6.18. The quantitative estimate of drug-likeness (QED) is 0.663. The van der Waals surface area contributed by atoms with Gasteiger partial charge in [-0.2, -0.15) is 0 Å². The molecule has 0 radical (unpaired) electrons. The molecule has 4 rings (SSSR count). The number of fused-ring (bicyclic) bond motifs is 2. The van der Waals surface area contributed by atoms with Gasteiger partial charge in [-0.1, -0.05) is 40.7 Å². The highest BCUT2D eigenvalue weighted by Crippen LogP contribution is 2.37. The Labute approximate surface area is 159 Å². The first-order valence-electron chi connectivity index (χ1n) is 8.41. The summed E-state index contributed by atoms with van der Waals surface area (Å²) in [5.41, 5.74) is 4.52. The summed E-state index contributed by atoms with van der Waals surface area (Å²) in [6.45, 7) is 4.17. The van der Waals surface area contributed by atoms with Gasteiger partial charge in [0.05, 0.1) is 23.0 Å². The van der Waals surface area contributed by atoms with Crippen molar-refractivity contribution in [3.05, 3.63) is 76.3 Å². The Bertz CT molecular complexity index is 1040. The summed E-state index contributed by atoms with van der Waals surface area (Å²) in [4.78, 5) is 17.7. The fraction of sp³-hybridized carbons (Fsp3) is 0.143. The molecule has 1 N–H and O–H groups in total. The van der Waals surface area contributed by atoms with Crippen LogP contribution < -0.4 is 5.32 Å². The number of nitrogens with zero attached hydrogens (tertiary/aromatic N) is 1. The molecule has 2 heterocycles.